The third-order valence-corrected chi connectivity index (χ3v) is 21.5. The fourth-order valence-corrected chi connectivity index (χ4v) is 17.9. The number of benzene rings is 2. The van der Waals surface area contributed by atoms with E-state index in [1.165, 1.54) is 0 Å². The van der Waals surface area contributed by atoms with Crippen LogP contribution < -0.4 is 15.0 Å². The molecule has 4 fully saturated rings. The molecule has 8 heterocycles. The number of nitrogens with zero attached hydrogens (tertiary/aromatic N) is 6. The first kappa shape index (κ1) is 38.0. The van der Waals surface area contributed by atoms with Gasteiger partial charge in [0.2, 0.25) is 0 Å². The van der Waals surface area contributed by atoms with Gasteiger partial charge < -0.3 is 15.0 Å². The summed E-state index contributed by atoms with van der Waals surface area (Å²) in [5.74, 6) is 4.04. The lowest BCUT2D eigenvalue weighted by Crippen LogP contribution is -2.51. The smallest absolute Gasteiger partial charge is 0.319 e. The highest BCUT2D eigenvalue weighted by Gasteiger charge is 2.49. The number of halogens is 2. The zero-order chi connectivity index (χ0) is 40.1. The third kappa shape index (κ3) is 5.95. The average molecular weight is 819 g/mol. The van der Waals surface area contributed by atoms with Gasteiger partial charge in [0, 0.05) is 66.1 Å². The number of fused-ring (bicyclic) bond motifs is 8. The molecule has 9 nitrogen and oxygen atoms in total. The number of H-pyrrole nitrogens is 1. The van der Waals surface area contributed by atoms with E-state index >= 15 is 4.39 Å². The molecule has 0 saturated carbocycles. The molecule has 2 aromatic carbocycles. The van der Waals surface area contributed by atoms with E-state index in [1.807, 2.05) is 24.5 Å². The van der Waals surface area contributed by atoms with Gasteiger partial charge in [-0.2, -0.15) is 15.1 Å². The molecule has 0 unspecified atom stereocenters. The number of thiophene rings is 1. The first-order valence-corrected chi connectivity index (χ1v) is 24.2. The van der Waals surface area contributed by atoms with Crippen LogP contribution in [0.5, 0.6) is 6.01 Å². The Hall–Kier alpha value is -4.22. The predicted octanol–water partition coefficient (Wildman–Crippen LogP) is 9.54. The second-order valence-corrected chi connectivity index (χ2v) is 24.9. The molecule has 10 rings (SSSR count). The minimum Gasteiger partial charge on any atom is -0.461 e. The fraction of sp³-hybridized carbons (Fsp3) is 0.511. The van der Waals surface area contributed by atoms with Gasteiger partial charge in [-0.25, -0.2) is 8.78 Å². The average Bonchev–Trinajstić information content (AvgIpc) is 4.02. The van der Waals surface area contributed by atoms with E-state index in [4.69, 9.17) is 19.7 Å². The summed E-state index contributed by atoms with van der Waals surface area (Å²) in [6.45, 7) is 17.1. The van der Waals surface area contributed by atoms with Crippen molar-refractivity contribution in [2.24, 2.45) is 0 Å². The first-order valence-electron chi connectivity index (χ1n) is 21.2. The quantitative estimate of drug-likeness (QED) is 0.116. The van der Waals surface area contributed by atoms with Gasteiger partial charge in [0.1, 0.15) is 37.3 Å². The van der Waals surface area contributed by atoms with Crippen molar-refractivity contribution < 1.29 is 13.5 Å². The van der Waals surface area contributed by atoms with E-state index in [-0.39, 0.29) is 11.4 Å². The van der Waals surface area contributed by atoms with Crippen LogP contribution in [-0.2, 0) is 0 Å². The summed E-state index contributed by atoms with van der Waals surface area (Å²) in [7, 11) is -2.20. The largest absolute Gasteiger partial charge is 0.461 e. The Morgan fingerprint density at radius 1 is 1.00 bits per heavy atom. The predicted molar refractivity (Wildman–Crippen MR) is 234 cm³/mol. The van der Waals surface area contributed by atoms with Crippen molar-refractivity contribution in [1.29, 1.82) is 0 Å². The van der Waals surface area contributed by atoms with Crippen LogP contribution in [-0.4, -0.2) is 94.7 Å². The summed E-state index contributed by atoms with van der Waals surface area (Å²) in [5.41, 5.74) is 7.50. The Balaban J connectivity index is 1.18. The van der Waals surface area contributed by atoms with Gasteiger partial charge in [0.05, 0.1) is 38.6 Å². The molecule has 4 saturated heterocycles. The molecule has 58 heavy (non-hydrogen) atoms. The highest BCUT2D eigenvalue weighted by Crippen LogP contribution is 2.48. The number of rotatable bonds is 8. The summed E-state index contributed by atoms with van der Waals surface area (Å²) in [5, 5.41) is 15.9. The first-order chi connectivity index (χ1) is 28.0. The second-order valence-electron chi connectivity index (χ2n) is 18.3. The molecule has 0 amide bonds. The number of piperazine rings is 1. The monoisotopic (exact) mass is 818 g/mol. The maximum atomic E-state index is 16.5. The number of nitrogens with one attached hydrogen (secondary N) is 2. The lowest BCUT2D eigenvalue weighted by Gasteiger charge is -2.38. The Kier molecular flexibility index (Phi) is 9.31. The summed E-state index contributed by atoms with van der Waals surface area (Å²) >= 11 is 1.57. The number of hydrogen-bond acceptors (Lipinski definition) is 9. The molecule has 4 aliphatic heterocycles. The van der Waals surface area contributed by atoms with E-state index in [0.717, 1.165) is 104 Å². The van der Waals surface area contributed by atoms with E-state index in [1.54, 1.807) is 17.4 Å². The van der Waals surface area contributed by atoms with E-state index in [2.05, 4.69) is 84.4 Å². The maximum absolute atomic E-state index is 16.5. The van der Waals surface area contributed by atoms with Crippen molar-refractivity contribution in [3.05, 3.63) is 48.0 Å². The summed E-state index contributed by atoms with van der Waals surface area (Å²) in [6.07, 6.45) is 7.55. The normalized spacial score (nSPS) is 23.7. The SMILES string of the molecule is CC(C)[Si](C#Cc1c(F)ccc2cc3[nH]ncc3c(-c3nccc4c3sc3nc(OC[C@@]56CCCN5C[C@H](F)C6)nc(N5C[C@H]6CC[C@@H](C5)N6)c34)c12)(C(C)C)C(C)C. The third-order valence-electron chi connectivity index (χ3n) is 14.1. The minimum absolute atomic E-state index is 0.314. The van der Waals surface area contributed by atoms with E-state index in [0.29, 0.717) is 59.9 Å². The van der Waals surface area contributed by atoms with E-state index < -0.39 is 14.2 Å². The zero-order valence-corrected chi connectivity index (χ0v) is 36.1. The molecule has 4 atom stereocenters. The standard InChI is InChI=1S/C45H52F2N8OSSi/c1-25(2)58(26(3)4,27(5)6)17-13-32-35(47)11-8-28-18-36-34(20-49-53-36)38(37(28)32)40-41-33(12-15-48-40)39-42(54-22-30-9-10-31(23-54)50-30)51-44(52-43(39)57-41)56-24-45-14-7-16-55(45)21-29(46)19-45/h8,11-12,15,18,20,25-27,29-31,50H,7,9-10,14,16,19,21-24H2,1-6H3,(H,49,53)/t29-,30-,31+,45+/m1/s1. The van der Waals surface area contributed by atoms with Gasteiger partial charge in [-0.05, 0) is 72.4 Å². The van der Waals surface area contributed by atoms with Crippen LogP contribution >= 0.6 is 11.3 Å². The Morgan fingerprint density at radius 3 is 2.53 bits per heavy atom. The Labute approximate surface area is 343 Å². The van der Waals surface area contributed by atoms with Crippen LogP contribution in [0.1, 0.15) is 79.2 Å². The van der Waals surface area contributed by atoms with Crippen LogP contribution in [0.25, 0.3) is 53.2 Å². The van der Waals surface area contributed by atoms with Crippen LogP contribution in [0.4, 0.5) is 14.6 Å². The van der Waals surface area contributed by atoms with Crippen molar-refractivity contribution in [1.82, 2.24) is 35.4 Å². The van der Waals surface area contributed by atoms with Crippen molar-refractivity contribution in [3.63, 3.8) is 0 Å². The molecule has 4 aromatic heterocycles. The van der Waals surface area contributed by atoms with E-state index in [9.17, 15) is 4.39 Å². The number of anilines is 1. The number of aromatic amines is 1. The molecular formula is C45H52F2N8OSSi. The van der Waals surface area contributed by atoms with Crippen LogP contribution in [0.2, 0.25) is 16.6 Å². The molecular weight excluding hydrogens is 767 g/mol. The lowest BCUT2D eigenvalue weighted by molar-refractivity contribution is 0.107. The van der Waals surface area contributed by atoms with Crippen LogP contribution in [0.3, 0.4) is 0 Å². The summed E-state index contributed by atoms with van der Waals surface area (Å²) in [6, 6.07) is 8.60. The molecule has 2 bridgehead atoms. The van der Waals surface area contributed by atoms with Gasteiger partial charge in [-0.15, -0.1) is 16.9 Å². The number of pyridine rings is 1. The maximum Gasteiger partial charge on any atom is 0.319 e. The van der Waals surface area contributed by atoms with Gasteiger partial charge in [-0.1, -0.05) is 53.5 Å². The zero-order valence-electron chi connectivity index (χ0n) is 34.3. The topological polar surface area (TPSA) is 95.1 Å². The number of aromatic nitrogens is 5. The number of hydrogen-bond donors (Lipinski definition) is 2. The molecule has 2 N–H and O–H groups in total. The molecule has 302 valence electrons. The second kappa shape index (κ2) is 14.2. The fourth-order valence-electron chi connectivity index (χ4n) is 11.5. The van der Waals surface area contributed by atoms with Crippen LogP contribution in [0, 0.1) is 17.3 Å². The Bertz CT molecular complexity index is 2620. The van der Waals surface area contributed by atoms with Gasteiger partial charge in [0.25, 0.3) is 0 Å². The Morgan fingerprint density at radius 2 is 1.78 bits per heavy atom. The van der Waals surface area contributed by atoms with Gasteiger partial charge in [0.15, 0.2) is 0 Å². The minimum atomic E-state index is -2.20. The molecule has 4 aliphatic rings. The molecule has 6 aromatic rings. The summed E-state index contributed by atoms with van der Waals surface area (Å²) in [4.78, 5) is 20.9. The number of alkyl halides is 1. The molecule has 0 radical (unpaired) electrons. The van der Waals surface area contributed by atoms with Crippen molar-refractivity contribution in [2.45, 2.75) is 114 Å². The van der Waals surface area contributed by atoms with Crippen molar-refractivity contribution >= 4 is 67.2 Å². The molecule has 13 heteroatoms. The molecule has 0 aliphatic carbocycles. The number of ether oxygens (including phenoxy) is 1. The summed E-state index contributed by atoms with van der Waals surface area (Å²) < 4.78 is 38.7. The van der Waals surface area contributed by atoms with Gasteiger partial charge in [-0.3, -0.25) is 15.0 Å². The van der Waals surface area contributed by atoms with Crippen molar-refractivity contribution in [2.75, 3.05) is 37.7 Å². The highest BCUT2D eigenvalue weighted by molar-refractivity contribution is 7.26. The molecule has 0 spiro atoms. The lowest BCUT2D eigenvalue weighted by atomic mass is 9.93. The highest BCUT2D eigenvalue weighted by atomic mass is 32.1. The van der Waals surface area contributed by atoms with Crippen LogP contribution in [0.15, 0.2) is 36.7 Å². The van der Waals surface area contributed by atoms with Gasteiger partial charge >= 0.3 is 6.01 Å². The van der Waals surface area contributed by atoms with Crippen molar-refractivity contribution in [3.8, 4) is 28.7 Å².